The molecule has 184 valence electrons. The molecule has 0 atom stereocenters. The van der Waals surface area contributed by atoms with Crippen molar-refractivity contribution in [3.63, 3.8) is 0 Å². The second kappa shape index (κ2) is 10.1. The zero-order chi connectivity index (χ0) is 26.1. The molecule has 8 nitrogen and oxygen atoms in total. The molecule has 0 spiro atoms. The molecule has 1 aromatic heterocycles. The number of ether oxygens (including phenoxy) is 2. The Hall–Kier alpha value is -3.75. The van der Waals surface area contributed by atoms with Gasteiger partial charge in [-0.05, 0) is 32.0 Å². The maximum atomic E-state index is 13.3. The predicted molar refractivity (Wildman–Crippen MR) is 132 cm³/mol. The maximum absolute atomic E-state index is 13.3. The molecule has 2 heterocycles. The number of benzene rings is 2. The summed E-state index contributed by atoms with van der Waals surface area (Å²) < 4.78 is 10.3. The SMILES string of the molecule is CCOC(=O)c1c(CN2C(=O)c3ccccc3C2=O)nc(C)c(C(=O)OC)c1-c1cccc(Cl)c1Cl. The van der Waals surface area contributed by atoms with Crippen molar-refractivity contribution in [1.82, 2.24) is 9.88 Å². The van der Waals surface area contributed by atoms with Crippen molar-refractivity contribution in [3.05, 3.63) is 86.2 Å². The topological polar surface area (TPSA) is 103 Å². The van der Waals surface area contributed by atoms with Crippen molar-refractivity contribution in [2.45, 2.75) is 20.4 Å². The molecule has 0 aliphatic carbocycles. The molecular weight excluding hydrogens is 507 g/mol. The van der Waals surface area contributed by atoms with Gasteiger partial charge in [0.05, 0.1) is 63.9 Å². The average molecular weight is 527 g/mol. The smallest absolute Gasteiger partial charge is 0.340 e. The lowest BCUT2D eigenvalue weighted by Crippen LogP contribution is -2.31. The number of hydrogen-bond acceptors (Lipinski definition) is 7. The van der Waals surface area contributed by atoms with Crippen LogP contribution in [0.4, 0.5) is 0 Å². The van der Waals surface area contributed by atoms with E-state index in [2.05, 4.69) is 4.98 Å². The summed E-state index contributed by atoms with van der Waals surface area (Å²) in [6.07, 6.45) is 0. The van der Waals surface area contributed by atoms with Crippen molar-refractivity contribution in [2.75, 3.05) is 13.7 Å². The number of aryl methyl sites for hydroxylation is 1. The van der Waals surface area contributed by atoms with Gasteiger partial charge in [-0.2, -0.15) is 0 Å². The van der Waals surface area contributed by atoms with Gasteiger partial charge in [0.25, 0.3) is 11.8 Å². The van der Waals surface area contributed by atoms with E-state index in [9.17, 15) is 19.2 Å². The summed E-state index contributed by atoms with van der Waals surface area (Å²) in [6, 6.07) is 11.2. The number of carbonyl (C=O) groups excluding carboxylic acids is 4. The van der Waals surface area contributed by atoms with Gasteiger partial charge in [0.1, 0.15) is 0 Å². The summed E-state index contributed by atoms with van der Waals surface area (Å²) in [4.78, 5) is 57.7. The van der Waals surface area contributed by atoms with E-state index < -0.39 is 23.8 Å². The van der Waals surface area contributed by atoms with Crippen LogP contribution < -0.4 is 0 Å². The molecule has 0 bridgehead atoms. The first-order valence-electron chi connectivity index (χ1n) is 10.9. The Bertz CT molecular complexity index is 1400. The molecule has 0 unspecified atom stereocenters. The quantitative estimate of drug-likeness (QED) is 0.324. The molecule has 1 aliphatic rings. The van der Waals surface area contributed by atoms with Gasteiger partial charge < -0.3 is 9.47 Å². The Morgan fingerprint density at radius 2 is 1.53 bits per heavy atom. The van der Waals surface area contributed by atoms with Crippen LogP contribution in [0.5, 0.6) is 0 Å². The fourth-order valence-electron chi connectivity index (χ4n) is 4.15. The van der Waals surface area contributed by atoms with Crippen molar-refractivity contribution in [2.24, 2.45) is 0 Å². The summed E-state index contributed by atoms with van der Waals surface area (Å²) in [5, 5.41) is 0.281. The highest BCUT2D eigenvalue weighted by Crippen LogP contribution is 2.40. The fourth-order valence-corrected chi connectivity index (χ4v) is 4.55. The molecule has 10 heteroatoms. The second-order valence-electron chi connectivity index (χ2n) is 7.82. The second-order valence-corrected chi connectivity index (χ2v) is 8.61. The Kier molecular flexibility index (Phi) is 7.10. The van der Waals surface area contributed by atoms with Gasteiger partial charge in [-0.3, -0.25) is 19.5 Å². The molecular formula is C26H20Cl2N2O6. The van der Waals surface area contributed by atoms with Crippen molar-refractivity contribution >= 4 is 47.0 Å². The molecule has 0 saturated heterocycles. The number of esters is 2. The number of hydrogen-bond donors (Lipinski definition) is 0. The number of fused-ring (bicyclic) bond motifs is 1. The molecule has 3 aromatic rings. The third kappa shape index (κ3) is 4.23. The number of methoxy groups -OCH3 is 1. The number of halogens is 2. The Morgan fingerprint density at radius 1 is 0.917 bits per heavy atom. The minimum atomic E-state index is -0.812. The summed E-state index contributed by atoms with van der Waals surface area (Å²) in [5.74, 6) is -2.62. The van der Waals surface area contributed by atoms with E-state index in [1.54, 1.807) is 56.3 Å². The molecule has 36 heavy (non-hydrogen) atoms. The van der Waals surface area contributed by atoms with Crippen LogP contribution in [0.15, 0.2) is 42.5 Å². The lowest BCUT2D eigenvalue weighted by atomic mass is 9.92. The Labute approximate surface area is 216 Å². The van der Waals surface area contributed by atoms with E-state index in [1.165, 1.54) is 7.11 Å². The first kappa shape index (κ1) is 25.3. The van der Waals surface area contributed by atoms with E-state index in [-0.39, 0.29) is 68.0 Å². The lowest BCUT2D eigenvalue weighted by Gasteiger charge is -2.22. The summed E-state index contributed by atoms with van der Waals surface area (Å²) in [7, 11) is 1.20. The number of pyridine rings is 1. The summed E-state index contributed by atoms with van der Waals surface area (Å²) in [6.45, 7) is 2.86. The molecule has 0 saturated carbocycles. The van der Waals surface area contributed by atoms with Crippen LogP contribution in [0.25, 0.3) is 11.1 Å². The predicted octanol–water partition coefficient (Wildman–Crippen LogP) is 5.12. The molecule has 0 N–H and O–H groups in total. The van der Waals surface area contributed by atoms with Crippen LogP contribution in [-0.2, 0) is 16.0 Å². The third-order valence-electron chi connectivity index (χ3n) is 5.73. The van der Waals surface area contributed by atoms with Crippen LogP contribution in [0, 0.1) is 6.92 Å². The van der Waals surface area contributed by atoms with Gasteiger partial charge in [-0.15, -0.1) is 0 Å². The minimum Gasteiger partial charge on any atom is -0.465 e. The molecule has 4 rings (SSSR count). The van der Waals surface area contributed by atoms with Crippen molar-refractivity contribution < 1.29 is 28.7 Å². The van der Waals surface area contributed by atoms with Crippen LogP contribution >= 0.6 is 23.2 Å². The largest absolute Gasteiger partial charge is 0.465 e. The van der Waals surface area contributed by atoms with Gasteiger partial charge in [0.15, 0.2) is 0 Å². The Morgan fingerprint density at radius 3 is 2.11 bits per heavy atom. The fraction of sp³-hybridized carbons (Fsp3) is 0.192. The molecule has 2 amide bonds. The van der Waals surface area contributed by atoms with E-state index in [0.29, 0.717) is 0 Å². The van der Waals surface area contributed by atoms with Crippen molar-refractivity contribution in [3.8, 4) is 11.1 Å². The van der Waals surface area contributed by atoms with Crippen LogP contribution in [0.3, 0.4) is 0 Å². The zero-order valence-electron chi connectivity index (χ0n) is 19.6. The molecule has 1 aliphatic heterocycles. The first-order chi connectivity index (χ1) is 17.2. The average Bonchev–Trinajstić information content (AvgIpc) is 3.10. The number of imide groups is 1. The van der Waals surface area contributed by atoms with Gasteiger partial charge in [0, 0.05) is 11.1 Å². The highest BCUT2D eigenvalue weighted by Gasteiger charge is 2.38. The number of aromatic nitrogens is 1. The van der Waals surface area contributed by atoms with Crippen molar-refractivity contribution in [1.29, 1.82) is 0 Å². The zero-order valence-corrected chi connectivity index (χ0v) is 21.1. The number of carbonyl (C=O) groups is 4. The summed E-state index contributed by atoms with van der Waals surface area (Å²) >= 11 is 12.8. The van der Waals surface area contributed by atoms with Crippen LogP contribution in [0.2, 0.25) is 10.0 Å². The summed E-state index contributed by atoms with van der Waals surface area (Å²) in [5.41, 5.74) is 0.974. The Balaban J connectivity index is 2.00. The van der Waals surface area contributed by atoms with Crippen LogP contribution in [-0.4, -0.2) is 47.4 Å². The van der Waals surface area contributed by atoms with E-state index in [0.717, 1.165) is 4.90 Å². The van der Waals surface area contributed by atoms with Crippen LogP contribution in [0.1, 0.15) is 59.7 Å². The maximum Gasteiger partial charge on any atom is 0.340 e. The minimum absolute atomic E-state index is 0.0177. The normalized spacial score (nSPS) is 12.5. The van der Waals surface area contributed by atoms with Gasteiger partial charge in [0.2, 0.25) is 0 Å². The lowest BCUT2D eigenvalue weighted by molar-refractivity contribution is 0.0516. The van der Waals surface area contributed by atoms with E-state index >= 15 is 0 Å². The number of rotatable bonds is 6. The van der Waals surface area contributed by atoms with Gasteiger partial charge in [-0.1, -0.05) is 47.5 Å². The van der Waals surface area contributed by atoms with E-state index in [1.807, 2.05) is 0 Å². The third-order valence-corrected chi connectivity index (χ3v) is 6.55. The number of amides is 2. The first-order valence-corrected chi connectivity index (χ1v) is 11.6. The highest BCUT2D eigenvalue weighted by molar-refractivity contribution is 6.44. The molecule has 0 radical (unpaired) electrons. The molecule has 2 aromatic carbocycles. The highest BCUT2D eigenvalue weighted by atomic mass is 35.5. The number of nitrogens with zero attached hydrogens (tertiary/aromatic N) is 2. The molecule has 0 fully saturated rings. The standard InChI is InChI=1S/C26H20Cl2N2O6/c1-4-36-26(34)21-18(12-30-23(31)14-8-5-6-9-15(14)24(30)32)29-13(2)19(25(33)35-3)20(21)16-10-7-11-17(27)22(16)28/h5-11H,4,12H2,1-3H3. The van der Waals surface area contributed by atoms with Gasteiger partial charge in [-0.25, -0.2) is 9.59 Å². The van der Waals surface area contributed by atoms with Gasteiger partial charge >= 0.3 is 11.9 Å². The van der Waals surface area contributed by atoms with E-state index in [4.69, 9.17) is 32.7 Å². The monoisotopic (exact) mass is 526 g/mol.